The topological polar surface area (TPSA) is 12.0 Å². The maximum absolute atomic E-state index is 3.74. The molecule has 0 heterocycles. The first kappa shape index (κ1) is 15.0. The predicted molar refractivity (Wildman–Crippen MR) is 77.3 cm³/mol. The Kier molecular flexibility index (Phi) is 7.18. The lowest BCUT2D eigenvalue weighted by Gasteiger charge is -2.28. The molecule has 0 bridgehead atoms. The molecule has 1 heteroatoms. The summed E-state index contributed by atoms with van der Waals surface area (Å²) >= 11 is 0. The summed E-state index contributed by atoms with van der Waals surface area (Å²) in [6, 6.07) is 0.773. The average Bonchev–Trinajstić information content (AvgIpc) is 3.16. The van der Waals surface area contributed by atoms with Crippen molar-refractivity contribution in [3.05, 3.63) is 0 Å². The third-order valence-corrected chi connectivity index (χ3v) is 4.60. The summed E-state index contributed by atoms with van der Waals surface area (Å²) in [5.74, 6) is 2.87. The molecular formula is C16H33N. The predicted octanol–water partition coefficient (Wildman–Crippen LogP) is 4.62. The number of nitrogens with one attached hydrogen (secondary N) is 1. The van der Waals surface area contributed by atoms with Gasteiger partial charge in [0, 0.05) is 6.04 Å². The van der Waals surface area contributed by atoms with Crippen LogP contribution in [0.15, 0.2) is 0 Å². The lowest BCUT2D eigenvalue weighted by atomic mass is 9.85. The van der Waals surface area contributed by atoms with Crippen LogP contribution >= 0.6 is 0 Å². The van der Waals surface area contributed by atoms with E-state index in [0.29, 0.717) is 0 Å². The second kappa shape index (κ2) is 8.13. The molecule has 0 aromatic heterocycles. The summed E-state index contributed by atoms with van der Waals surface area (Å²) < 4.78 is 0. The highest BCUT2D eigenvalue weighted by Gasteiger charge is 2.33. The van der Waals surface area contributed by atoms with Gasteiger partial charge in [-0.2, -0.15) is 0 Å². The number of unbranched alkanes of at least 4 members (excludes halogenated alkanes) is 1. The molecule has 1 fully saturated rings. The van der Waals surface area contributed by atoms with E-state index in [4.69, 9.17) is 0 Å². The highest BCUT2D eigenvalue weighted by molar-refractivity contribution is 4.87. The van der Waals surface area contributed by atoms with Crippen LogP contribution in [0.5, 0.6) is 0 Å². The lowest BCUT2D eigenvalue weighted by Crippen LogP contribution is -2.37. The summed E-state index contributed by atoms with van der Waals surface area (Å²) in [6.07, 6.45) is 9.92. The Balaban J connectivity index is 2.39. The first-order valence-corrected chi connectivity index (χ1v) is 7.96. The summed E-state index contributed by atoms with van der Waals surface area (Å²) in [7, 11) is 0. The maximum Gasteiger partial charge on any atom is 0.00978 e. The fourth-order valence-electron chi connectivity index (χ4n) is 3.04. The van der Waals surface area contributed by atoms with Gasteiger partial charge < -0.3 is 5.32 Å². The van der Waals surface area contributed by atoms with Gasteiger partial charge in [0.05, 0.1) is 0 Å². The van der Waals surface area contributed by atoms with Gasteiger partial charge >= 0.3 is 0 Å². The second-order valence-electron chi connectivity index (χ2n) is 6.01. The van der Waals surface area contributed by atoms with Crippen molar-refractivity contribution in [3.63, 3.8) is 0 Å². The monoisotopic (exact) mass is 239 g/mol. The fourth-order valence-corrected chi connectivity index (χ4v) is 3.04. The maximum atomic E-state index is 3.74. The quantitative estimate of drug-likeness (QED) is 0.586. The molecule has 0 aromatic carbocycles. The average molecular weight is 239 g/mol. The van der Waals surface area contributed by atoms with Crippen LogP contribution in [0.2, 0.25) is 0 Å². The normalized spacial score (nSPS) is 21.2. The molecular weight excluding hydrogens is 206 g/mol. The van der Waals surface area contributed by atoms with E-state index in [1.165, 1.54) is 44.9 Å². The van der Waals surface area contributed by atoms with Crippen LogP contribution in [0.3, 0.4) is 0 Å². The van der Waals surface area contributed by atoms with Gasteiger partial charge in [-0.15, -0.1) is 0 Å². The van der Waals surface area contributed by atoms with Crippen LogP contribution in [0.25, 0.3) is 0 Å². The molecule has 0 amide bonds. The largest absolute Gasteiger partial charge is 0.314 e. The zero-order valence-electron chi connectivity index (χ0n) is 12.5. The van der Waals surface area contributed by atoms with Gasteiger partial charge in [-0.1, -0.05) is 53.4 Å². The van der Waals surface area contributed by atoms with E-state index in [2.05, 4.69) is 33.0 Å². The van der Waals surface area contributed by atoms with Crippen LogP contribution in [-0.2, 0) is 0 Å². The Labute approximate surface area is 109 Å². The van der Waals surface area contributed by atoms with E-state index in [9.17, 15) is 0 Å². The third kappa shape index (κ3) is 5.42. The molecule has 1 saturated carbocycles. The first-order chi connectivity index (χ1) is 8.22. The van der Waals surface area contributed by atoms with Gasteiger partial charge in [0.15, 0.2) is 0 Å². The molecule has 1 N–H and O–H groups in total. The van der Waals surface area contributed by atoms with E-state index in [0.717, 1.165) is 30.3 Å². The summed E-state index contributed by atoms with van der Waals surface area (Å²) in [5.41, 5.74) is 0. The Morgan fingerprint density at radius 3 is 2.35 bits per heavy atom. The van der Waals surface area contributed by atoms with Crippen LogP contribution in [0, 0.1) is 17.8 Å². The molecule has 0 saturated heterocycles. The fraction of sp³-hybridized carbons (Fsp3) is 1.00. The summed E-state index contributed by atoms with van der Waals surface area (Å²) in [5, 5.41) is 3.74. The van der Waals surface area contributed by atoms with Crippen LogP contribution < -0.4 is 5.32 Å². The van der Waals surface area contributed by atoms with Crippen molar-refractivity contribution in [1.29, 1.82) is 0 Å². The van der Waals surface area contributed by atoms with Crippen LogP contribution in [-0.4, -0.2) is 12.6 Å². The van der Waals surface area contributed by atoms with Crippen molar-refractivity contribution in [2.24, 2.45) is 17.8 Å². The minimum absolute atomic E-state index is 0.773. The van der Waals surface area contributed by atoms with Gasteiger partial charge in [0.25, 0.3) is 0 Å². The van der Waals surface area contributed by atoms with E-state index >= 15 is 0 Å². The number of rotatable bonds is 10. The van der Waals surface area contributed by atoms with Crippen molar-refractivity contribution in [1.82, 2.24) is 5.32 Å². The molecule has 3 unspecified atom stereocenters. The van der Waals surface area contributed by atoms with Gasteiger partial charge in [-0.05, 0) is 43.6 Å². The minimum Gasteiger partial charge on any atom is -0.314 e. The SMILES string of the molecule is CCCCC(CC)CC(NCC)C(C)C1CC1. The van der Waals surface area contributed by atoms with Gasteiger partial charge in [0.1, 0.15) is 0 Å². The van der Waals surface area contributed by atoms with Crippen molar-refractivity contribution in [3.8, 4) is 0 Å². The molecule has 1 aliphatic rings. The zero-order chi connectivity index (χ0) is 12.7. The molecule has 102 valence electrons. The molecule has 1 rings (SSSR count). The van der Waals surface area contributed by atoms with Crippen molar-refractivity contribution in [2.45, 2.75) is 78.7 Å². The van der Waals surface area contributed by atoms with Gasteiger partial charge in [-0.3, -0.25) is 0 Å². The molecule has 0 aliphatic heterocycles. The van der Waals surface area contributed by atoms with Crippen molar-refractivity contribution >= 4 is 0 Å². The molecule has 1 nitrogen and oxygen atoms in total. The highest BCUT2D eigenvalue weighted by atomic mass is 14.9. The Morgan fingerprint density at radius 1 is 1.18 bits per heavy atom. The van der Waals surface area contributed by atoms with E-state index < -0.39 is 0 Å². The smallest absolute Gasteiger partial charge is 0.00978 e. The number of hydrogen-bond donors (Lipinski definition) is 1. The Bertz CT molecular complexity index is 186. The summed E-state index contributed by atoms with van der Waals surface area (Å²) in [6.45, 7) is 10.5. The van der Waals surface area contributed by atoms with Gasteiger partial charge in [0.2, 0.25) is 0 Å². The Hall–Kier alpha value is -0.0400. The Morgan fingerprint density at radius 2 is 1.88 bits per heavy atom. The molecule has 0 aromatic rings. The molecule has 3 atom stereocenters. The standard InChI is InChI=1S/C16H33N/c1-5-8-9-14(6-2)12-16(17-7-3)13(4)15-10-11-15/h13-17H,5-12H2,1-4H3. The van der Waals surface area contributed by atoms with E-state index in [-0.39, 0.29) is 0 Å². The number of hydrogen-bond acceptors (Lipinski definition) is 1. The second-order valence-corrected chi connectivity index (χ2v) is 6.01. The van der Waals surface area contributed by atoms with Crippen LogP contribution in [0.1, 0.15) is 72.6 Å². The van der Waals surface area contributed by atoms with Crippen LogP contribution in [0.4, 0.5) is 0 Å². The third-order valence-electron chi connectivity index (χ3n) is 4.60. The van der Waals surface area contributed by atoms with E-state index in [1.807, 2.05) is 0 Å². The zero-order valence-corrected chi connectivity index (χ0v) is 12.5. The van der Waals surface area contributed by atoms with Crippen molar-refractivity contribution in [2.75, 3.05) is 6.54 Å². The first-order valence-electron chi connectivity index (χ1n) is 7.96. The molecule has 0 radical (unpaired) electrons. The summed E-state index contributed by atoms with van der Waals surface area (Å²) in [4.78, 5) is 0. The molecule has 1 aliphatic carbocycles. The lowest BCUT2D eigenvalue weighted by molar-refractivity contribution is 0.271. The van der Waals surface area contributed by atoms with Crippen molar-refractivity contribution < 1.29 is 0 Å². The highest BCUT2D eigenvalue weighted by Crippen LogP contribution is 2.39. The minimum atomic E-state index is 0.773. The van der Waals surface area contributed by atoms with Gasteiger partial charge in [-0.25, -0.2) is 0 Å². The molecule has 0 spiro atoms. The van der Waals surface area contributed by atoms with E-state index in [1.54, 1.807) is 0 Å². The molecule has 17 heavy (non-hydrogen) atoms.